The van der Waals surface area contributed by atoms with E-state index in [1.165, 1.54) is 0 Å². The van der Waals surface area contributed by atoms with Crippen LogP contribution in [0.2, 0.25) is 0 Å². The summed E-state index contributed by atoms with van der Waals surface area (Å²) < 4.78 is 0.724. The molecule has 3 nitrogen and oxygen atoms in total. The Labute approximate surface area is 110 Å². The molecule has 0 saturated carbocycles. The Kier molecular flexibility index (Phi) is 5.10. The van der Waals surface area contributed by atoms with Crippen molar-refractivity contribution >= 4 is 12.0 Å². The van der Waals surface area contributed by atoms with Gasteiger partial charge in [-0.25, -0.2) is 0 Å². The van der Waals surface area contributed by atoms with Gasteiger partial charge in [0.05, 0.1) is 21.1 Å². The SMILES string of the molecule is CCC(NC(=O)C=Cc1ccccc1)[N+](C)(C)C. The quantitative estimate of drug-likeness (QED) is 0.482. The first-order chi connectivity index (χ1) is 8.43. The number of benzene rings is 1. The summed E-state index contributed by atoms with van der Waals surface area (Å²) in [5.41, 5.74) is 1.03. The zero-order valence-electron chi connectivity index (χ0n) is 11.7. The van der Waals surface area contributed by atoms with Gasteiger partial charge in [0, 0.05) is 12.5 Å². The van der Waals surface area contributed by atoms with Crippen LogP contribution in [-0.4, -0.2) is 37.7 Å². The summed E-state index contributed by atoms with van der Waals surface area (Å²) in [4.78, 5) is 11.8. The summed E-state index contributed by atoms with van der Waals surface area (Å²) in [5, 5.41) is 3.02. The van der Waals surface area contributed by atoms with Gasteiger partial charge in [-0.2, -0.15) is 0 Å². The van der Waals surface area contributed by atoms with Crippen LogP contribution in [-0.2, 0) is 4.79 Å². The van der Waals surface area contributed by atoms with E-state index in [1.807, 2.05) is 36.4 Å². The number of nitrogens with one attached hydrogen (secondary N) is 1. The van der Waals surface area contributed by atoms with Crippen molar-refractivity contribution in [2.75, 3.05) is 21.1 Å². The molecular weight excluding hydrogens is 224 g/mol. The molecule has 1 aromatic carbocycles. The van der Waals surface area contributed by atoms with Crippen molar-refractivity contribution < 1.29 is 9.28 Å². The average molecular weight is 247 g/mol. The van der Waals surface area contributed by atoms with Gasteiger partial charge in [0.25, 0.3) is 0 Å². The fourth-order valence-electron chi connectivity index (χ4n) is 1.79. The lowest BCUT2D eigenvalue weighted by molar-refractivity contribution is -0.898. The predicted octanol–water partition coefficient (Wildman–Crippen LogP) is 2.26. The number of amides is 1. The lowest BCUT2D eigenvalue weighted by Crippen LogP contribution is -2.54. The third kappa shape index (κ3) is 4.72. The molecule has 0 heterocycles. The molecule has 0 aliphatic rings. The minimum absolute atomic E-state index is 0.0428. The summed E-state index contributed by atoms with van der Waals surface area (Å²) in [6.07, 6.45) is 4.47. The Morgan fingerprint density at radius 3 is 2.39 bits per heavy atom. The first-order valence-electron chi connectivity index (χ1n) is 6.28. The summed E-state index contributed by atoms with van der Waals surface area (Å²) in [5.74, 6) is -0.0428. The van der Waals surface area contributed by atoms with E-state index in [0.29, 0.717) is 0 Å². The molecule has 3 heteroatoms. The van der Waals surface area contributed by atoms with Gasteiger partial charge in [-0.3, -0.25) is 4.79 Å². The van der Waals surface area contributed by atoms with E-state index in [9.17, 15) is 4.79 Å². The molecule has 0 spiro atoms. The molecule has 0 radical (unpaired) electrons. The molecular formula is C15H23N2O+. The second kappa shape index (κ2) is 6.36. The number of hydrogen-bond donors (Lipinski definition) is 1. The first-order valence-corrected chi connectivity index (χ1v) is 6.28. The fourth-order valence-corrected chi connectivity index (χ4v) is 1.79. The van der Waals surface area contributed by atoms with Crippen molar-refractivity contribution in [2.45, 2.75) is 19.5 Å². The number of quaternary nitrogens is 1. The summed E-state index contributed by atoms with van der Waals surface area (Å²) in [6.45, 7) is 2.08. The van der Waals surface area contributed by atoms with Gasteiger partial charge < -0.3 is 9.80 Å². The van der Waals surface area contributed by atoms with E-state index in [-0.39, 0.29) is 12.1 Å². The predicted molar refractivity (Wildman–Crippen MR) is 75.7 cm³/mol. The van der Waals surface area contributed by atoms with Crippen molar-refractivity contribution in [3.63, 3.8) is 0 Å². The van der Waals surface area contributed by atoms with Crippen molar-refractivity contribution in [1.29, 1.82) is 0 Å². The van der Waals surface area contributed by atoms with E-state index < -0.39 is 0 Å². The van der Waals surface area contributed by atoms with Crippen molar-refractivity contribution in [3.05, 3.63) is 42.0 Å². The second-order valence-corrected chi connectivity index (χ2v) is 5.29. The molecule has 1 atom stereocenters. The van der Waals surface area contributed by atoms with E-state index >= 15 is 0 Å². The first kappa shape index (κ1) is 14.5. The molecule has 1 rings (SSSR count). The lowest BCUT2D eigenvalue weighted by atomic mass is 10.2. The molecule has 0 saturated heterocycles. The van der Waals surface area contributed by atoms with Crippen LogP contribution in [0.25, 0.3) is 6.08 Å². The summed E-state index contributed by atoms with van der Waals surface area (Å²) in [6, 6.07) is 9.82. The summed E-state index contributed by atoms with van der Waals surface area (Å²) in [7, 11) is 6.24. The number of nitrogens with zero attached hydrogens (tertiary/aromatic N) is 1. The van der Waals surface area contributed by atoms with E-state index in [0.717, 1.165) is 16.5 Å². The second-order valence-electron chi connectivity index (χ2n) is 5.29. The Bertz CT molecular complexity index is 404. The Morgan fingerprint density at radius 2 is 1.89 bits per heavy atom. The monoisotopic (exact) mass is 247 g/mol. The van der Waals surface area contributed by atoms with Crippen LogP contribution in [0.15, 0.2) is 36.4 Å². The van der Waals surface area contributed by atoms with Crippen LogP contribution in [0.4, 0.5) is 0 Å². The lowest BCUT2D eigenvalue weighted by Gasteiger charge is -2.33. The highest BCUT2D eigenvalue weighted by molar-refractivity contribution is 5.91. The topological polar surface area (TPSA) is 29.1 Å². The van der Waals surface area contributed by atoms with Gasteiger partial charge in [0.1, 0.15) is 0 Å². The number of hydrogen-bond acceptors (Lipinski definition) is 1. The molecule has 1 N–H and O–H groups in total. The van der Waals surface area contributed by atoms with Crippen LogP contribution >= 0.6 is 0 Å². The highest BCUT2D eigenvalue weighted by Gasteiger charge is 2.22. The zero-order valence-corrected chi connectivity index (χ0v) is 11.7. The van der Waals surface area contributed by atoms with Crippen LogP contribution in [0.5, 0.6) is 0 Å². The van der Waals surface area contributed by atoms with Crippen LogP contribution in [0.1, 0.15) is 18.9 Å². The van der Waals surface area contributed by atoms with Gasteiger partial charge in [-0.15, -0.1) is 0 Å². The standard InChI is InChI=1S/C15H22N2O/c1-5-14(17(2,3)4)16-15(18)12-11-13-9-7-6-8-10-13/h6-12,14H,5H2,1-4H3/p+1. The maximum atomic E-state index is 11.8. The van der Waals surface area contributed by atoms with Gasteiger partial charge in [0.2, 0.25) is 5.91 Å². The van der Waals surface area contributed by atoms with Crippen molar-refractivity contribution in [3.8, 4) is 0 Å². The Balaban J connectivity index is 2.59. The van der Waals surface area contributed by atoms with Gasteiger partial charge >= 0.3 is 0 Å². The van der Waals surface area contributed by atoms with E-state index in [1.54, 1.807) is 6.08 Å². The molecule has 98 valence electrons. The molecule has 1 amide bonds. The third-order valence-corrected chi connectivity index (χ3v) is 2.86. The normalized spacial score (nSPS) is 13.6. The molecule has 18 heavy (non-hydrogen) atoms. The number of carbonyl (C=O) groups excluding carboxylic acids is 1. The maximum absolute atomic E-state index is 11.8. The Hall–Kier alpha value is -1.61. The average Bonchev–Trinajstić information content (AvgIpc) is 2.33. The van der Waals surface area contributed by atoms with Crippen LogP contribution in [0, 0.1) is 0 Å². The molecule has 0 aromatic heterocycles. The van der Waals surface area contributed by atoms with Crippen LogP contribution < -0.4 is 5.32 Å². The molecule has 0 bridgehead atoms. The smallest absolute Gasteiger partial charge is 0.248 e. The largest absolute Gasteiger partial charge is 0.311 e. The minimum Gasteiger partial charge on any atom is -0.311 e. The zero-order chi connectivity index (χ0) is 13.6. The maximum Gasteiger partial charge on any atom is 0.248 e. The van der Waals surface area contributed by atoms with Gasteiger partial charge in [-0.05, 0) is 11.6 Å². The number of rotatable bonds is 5. The molecule has 1 aromatic rings. The highest BCUT2D eigenvalue weighted by Crippen LogP contribution is 2.04. The Morgan fingerprint density at radius 1 is 1.28 bits per heavy atom. The third-order valence-electron chi connectivity index (χ3n) is 2.86. The van der Waals surface area contributed by atoms with E-state index in [2.05, 4.69) is 33.4 Å². The molecule has 0 aliphatic heterocycles. The molecule has 1 unspecified atom stereocenters. The van der Waals surface area contributed by atoms with Crippen molar-refractivity contribution in [1.82, 2.24) is 5.32 Å². The molecule has 0 fully saturated rings. The highest BCUT2D eigenvalue weighted by atomic mass is 16.1. The van der Waals surface area contributed by atoms with Gasteiger partial charge in [-0.1, -0.05) is 37.3 Å². The van der Waals surface area contributed by atoms with Gasteiger partial charge in [0.15, 0.2) is 6.17 Å². The van der Waals surface area contributed by atoms with E-state index in [4.69, 9.17) is 0 Å². The fraction of sp³-hybridized carbons (Fsp3) is 0.400. The number of carbonyl (C=O) groups is 1. The van der Waals surface area contributed by atoms with Crippen molar-refractivity contribution in [2.24, 2.45) is 0 Å². The summed E-state index contributed by atoms with van der Waals surface area (Å²) >= 11 is 0. The minimum atomic E-state index is -0.0428. The van der Waals surface area contributed by atoms with Crippen LogP contribution in [0.3, 0.4) is 0 Å². The molecule has 0 aliphatic carbocycles.